The number of rotatable bonds is 7. The number of amides is 1. The van der Waals surface area contributed by atoms with Crippen LogP contribution in [0.25, 0.3) is 0 Å². The molecule has 0 saturated heterocycles. The van der Waals surface area contributed by atoms with E-state index < -0.39 is 0 Å². The van der Waals surface area contributed by atoms with Crippen LogP contribution in [0.2, 0.25) is 0 Å². The van der Waals surface area contributed by atoms with Crippen LogP contribution in [0.1, 0.15) is 44.2 Å². The van der Waals surface area contributed by atoms with Crippen LogP contribution in [0.4, 0.5) is 0 Å². The molecular formula is C20H25NO3. The van der Waals surface area contributed by atoms with E-state index in [0.29, 0.717) is 13.0 Å². The van der Waals surface area contributed by atoms with Gasteiger partial charge in [-0.25, -0.2) is 0 Å². The van der Waals surface area contributed by atoms with Crippen molar-refractivity contribution < 1.29 is 15.0 Å². The van der Waals surface area contributed by atoms with Gasteiger partial charge in [-0.05, 0) is 35.4 Å². The third-order valence-electron chi connectivity index (χ3n) is 4.25. The lowest BCUT2D eigenvalue weighted by Crippen LogP contribution is -2.24. The summed E-state index contributed by atoms with van der Waals surface area (Å²) < 4.78 is 0. The Morgan fingerprint density at radius 1 is 1.08 bits per heavy atom. The Morgan fingerprint density at radius 2 is 1.79 bits per heavy atom. The second-order valence-electron chi connectivity index (χ2n) is 6.70. The number of nitrogens with one attached hydrogen (secondary N) is 1. The predicted molar refractivity (Wildman–Crippen MR) is 94.9 cm³/mol. The molecule has 0 aliphatic heterocycles. The molecule has 3 N–H and O–H groups in total. The highest BCUT2D eigenvalue weighted by molar-refractivity contribution is 5.75. The third-order valence-corrected chi connectivity index (χ3v) is 4.25. The third kappa shape index (κ3) is 5.01. The molecule has 4 heteroatoms. The van der Waals surface area contributed by atoms with E-state index in [2.05, 4.69) is 5.32 Å². The van der Waals surface area contributed by atoms with Crippen LogP contribution < -0.4 is 5.32 Å². The van der Waals surface area contributed by atoms with Gasteiger partial charge in [0, 0.05) is 19.0 Å². The highest BCUT2D eigenvalue weighted by atomic mass is 16.3. The molecule has 0 aliphatic carbocycles. The average molecular weight is 327 g/mol. The zero-order chi connectivity index (χ0) is 17.6. The second-order valence-corrected chi connectivity index (χ2v) is 6.70. The van der Waals surface area contributed by atoms with Crippen molar-refractivity contribution in [3.8, 4) is 11.5 Å². The van der Waals surface area contributed by atoms with Gasteiger partial charge in [0.2, 0.25) is 5.91 Å². The number of carbonyl (C=O) groups is 1. The molecule has 0 atom stereocenters. The summed E-state index contributed by atoms with van der Waals surface area (Å²) in [6.45, 7) is 4.60. The van der Waals surface area contributed by atoms with Crippen molar-refractivity contribution in [2.75, 3.05) is 0 Å². The Labute approximate surface area is 143 Å². The molecule has 0 heterocycles. The lowest BCUT2D eigenvalue weighted by molar-refractivity contribution is -0.121. The van der Waals surface area contributed by atoms with Crippen LogP contribution in [-0.2, 0) is 16.8 Å². The standard InChI is InChI=1S/C20H25NO3/c1-20(2,17-11-10-16(22)13-18(17)23)12-6-9-19(24)21-14-15-7-4-3-5-8-15/h3-5,7-8,10-11,13,22-23H,6,9,12,14H2,1-2H3,(H,21,24). The van der Waals surface area contributed by atoms with Crippen molar-refractivity contribution in [1.29, 1.82) is 0 Å². The lowest BCUT2D eigenvalue weighted by Gasteiger charge is -2.26. The molecule has 0 radical (unpaired) electrons. The molecule has 0 spiro atoms. The van der Waals surface area contributed by atoms with E-state index in [4.69, 9.17) is 0 Å². The highest BCUT2D eigenvalue weighted by Gasteiger charge is 2.24. The Morgan fingerprint density at radius 3 is 2.46 bits per heavy atom. The van der Waals surface area contributed by atoms with E-state index in [1.165, 1.54) is 6.07 Å². The minimum absolute atomic E-state index is 0.0320. The second kappa shape index (κ2) is 7.86. The van der Waals surface area contributed by atoms with Gasteiger partial charge in [-0.2, -0.15) is 0 Å². The zero-order valence-electron chi connectivity index (χ0n) is 14.2. The maximum absolute atomic E-state index is 12.0. The first kappa shape index (κ1) is 17.9. The van der Waals surface area contributed by atoms with Crippen molar-refractivity contribution in [1.82, 2.24) is 5.32 Å². The van der Waals surface area contributed by atoms with Gasteiger partial charge in [0.15, 0.2) is 0 Å². The van der Waals surface area contributed by atoms with Gasteiger partial charge in [-0.15, -0.1) is 0 Å². The number of hydrogen-bond donors (Lipinski definition) is 3. The fraction of sp³-hybridized carbons (Fsp3) is 0.350. The van der Waals surface area contributed by atoms with Gasteiger partial charge in [0.1, 0.15) is 11.5 Å². The first-order valence-electron chi connectivity index (χ1n) is 8.21. The van der Waals surface area contributed by atoms with Gasteiger partial charge in [-0.1, -0.05) is 50.2 Å². The Hall–Kier alpha value is -2.49. The van der Waals surface area contributed by atoms with Crippen LogP contribution >= 0.6 is 0 Å². The van der Waals surface area contributed by atoms with Crippen molar-refractivity contribution in [3.05, 3.63) is 59.7 Å². The van der Waals surface area contributed by atoms with E-state index in [1.54, 1.807) is 12.1 Å². The van der Waals surface area contributed by atoms with Crippen molar-refractivity contribution >= 4 is 5.91 Å². The largest absolute Gasteiger partial charge is 0.508 e. The van der Waals surface area contributed by atoms with Gasteiger partial charge in [0.05, 0.1) is 0 Å². The molecule has 2 aromatic carbocycles. The molecule has 0 fully saturated rings. The van der Waals surface area contributed by atoms with Crippen LogP contribution in [0.3, 0.4) is 0 Å². The maximum Gasteiger partial charge on any atom is 0.220 e. The molecule has 0 aliphatic rings. The van der Waals surface area contributed by atoms with E-state index in [9.17, 15) is 15.0 Å². The number of carbonyl (C=O) groups excluding carboxylic acids is 1. The van der Waals surface area contributed by atoms with E-state index in [1.807, 2.05) is 44.2 Å². The smallest absolute Gasteiger partial charge is 0.220 e. The molecule has 0 unspecified atom stereocenters. The normalized spacial score (nSPS) is 11.2. The molecule has 2 aromatic rings. The molecule has 128 valence electrons. The molecule has 1 amide bonds. The monoisotopic (exact) mass is 327 g/mol. The van der Waals surface area contributed by atoms with E-state index in [-0.39, 0.29) is 22.8 Å². The van der Waals surface area contributed by atoms with Gasteiger partial charge < -0.3 is 15.5 Å². The predicted octanol–water partition coefficient (Wildman–Crippen LogP) is 3.86. The number of benzene rings is 2. The SMILES string of the molecule is CC(C)(CCCC(=O)NCc1ccccc1)c1ccc(O)cc1O. The van der Waals surface area contributed by atoms with Crippen molar-refractivity contribution in [3.63, 3.8) is 0 Å². The average Bonchev–Trinajstić information content (AvgIpc) is 2.53. The van der Waals surface area contributed by atoms with Crippen molar-refractivity contribution in [2.45, 2.75) is 45.1 Å². The first-order chi connectivity index (χ1) is 11.4. The highest BCUT2D eigenvalue weighted by Crippen LogP contribution is 2.36. The summed E-state index contributed by atoms with van der Waals surface area (Å²) in [6.07, 6.45) is 1.95. The van der Waals surface area contributed by atoms with Crippen LogP contribution in [0, 0.1) is 0 Å². The minimum atomic E-state index is -0.266. The number of aromatic hydroxyl groups is 2. The number of phenolic OH excluding ortho intramolecular Hbond substituents is 2. The molecule has 24 heavy (non-hydrogen) atoms. The Balaban J connectivity index is 1.80. The summed E-state index contributed by atoms with van der Waals surface area (Å²) in [4.78, 5) is 12.0. The molecular weight excluding hydrogens is 302 g/mol. The molecule has 2 rings (SSSR count). The van der Waals surface area contributed by atoms with Crippen LogP contribution in [0.15, 0.2) is 48.5 Å². The fourth-order valence-electron chi connectivity index (χ4n) is 2.80. The van der Waals surface area contributed by atoms with Crippen LogP contribution in [0.5, 0.6) is 11.5 Å². The Bertz CT molecular complexity index is 681. The van der Waals surface area contributed by atoms with Gasteiger partial charge >= 0.3 is 0 Å². The Kier molecular flexibility index (Phi) is 5.85. The van der Waals surface area contributed by atoms with Crippen molar-refractivity contribution in [2.24, 2.45) is 0 Å². The first-order valence-corrected chi connectivity index (χ1v) is 8.21. The van der Waals surface area contributed by atoms with E-state index >= 15 is 0 Å². The zero-order valence-corrected chi connectivity index (χ0v) is 14.2. The summed E-state index contributed by atoms with van der Waals surface area (Å²) in [5, 5.41) is 22.3. The van der Waals surface area contributed by atoms with Gasteiger partial charge in [0.25, 0.3) is 0 Å². The van der Waals surface area contributed by atoms with E-state index in [0.717, 1.165) is 24.0 Å². The number of hydrogen-bond acceptors (Lipinski definition) is 3. The van der Waals surface area contributed by atoms with Gasteiger partial charge in [-0.3, -0.25) is 4.79 Å². The maximum atomic E-state index is 12.0. The molecule has 0 bridgehead atoms. The molecule has 4 nitrogen and oxygen atoms in total. The minimum Gasteiger partial charge on any atom is -0.508 e. The number of phenols is 2. The summed E-state index contributed by atoms with van der Waals surface area (Å²) in [7, 11) is 0. The lowest BCUT2D eigenvalue weighted by atomic mass is 9.79. The quantitative estimate of drug-likeness (QED) is 0.723. The topological polar surface area (TPSA) is 69.6 Å². The summed E-state index contributed by atoms with van der Waals surface area (Å²) in [5.74, 6) is 0.172. The van der Waals surface area contributed by atoms with Crippen LogP contribution in [-0.4, -0.2) is 16.1 Å². The fourth-order valence-corrected chi connectivity index (χ4v) is 2.80. The summed E-state index contributed by atoms with van der Waals surface area (Å²) in [5.41, 5.74) is 1.60. The summed E-state index contributed by atoms with van der Waals surface area (Å²) >= 11 is 0. The molecule has 0 saturated carbocycles. The summed E-state index contributed by atoms with van der Waals surface area (Å²) in [6, 6.07) is 14.5. The molecule has 0 aromatic heterocycles.